The fourth-order valence-corrected chi connectivity index (χ4v) is 1.72. The molecule has 0 bridgehead atoms. The molecule has 0 aliphatic rings. The van der Waals surface area contributed by atoms with Crippen LogP contribution in [-0.4, -0.2) is 14.9 Å². The highest BCUT2D eigenvalue weighted by molar-refractivity contribution is 6.42. The summed E-state index contributed by atoms with van der Waals surface area (Å²) in [6.07, 6.45) is 0. The lowest BCUT2D eigenvalue weighted by Gasteiger charge is -2.08. The van der Waals surface area contributed by atoms with Crippen LogP contribution in [0.15, 0.2) is 29.1 Å². The Morgan fingerprint density at radius 1 is 1.28 bits per heavy atom. The summed E-state index contributed by atoms with van der Waals surface area (Å²) in [5.41, 5.74) is 5.60. The summed E-state index contributed by atoms with van der Waals surface area (Å²) in [6.45, 7) is 0.0213. The van der Waals surface area contributed by atoms with E-state index in [9.17, 15) is 9.90 Å². The summed E-state index contributed by atoms with van der Waals surface area (Å²) in [7, 11) is 0. The SMILES string of the molecule is NCc1nn(-c2ccc(Cl)c(Cl)c2)c(=O)cc1O. The number of hydrogen-bond acceptors (Lipinski definition) is 4. The third-order valence-corrected chi connectivity index (χ3v) is 3.07. The molecule has 1 aromatic carbocycles. The van der Waals surface area contributed by atoms with Crippen LogP contribution in [0.2, 0.25) is 10.0 Å². The molecule has 0 saturated heterocycles. The predicted octanol–water partition coefficient (Wildman–Crippen LogP) is 1.70. The fraction of sp³-hybridized carbons (Fsp3) is 0.0909. The summed E-state index contributed by atoms with van der Waals surface area (Å²) in [6, 6.07) is 5.72. The first-order valence-electron chi connectivity index (χ1n) is 5.00. The molecule has 2 rings (SSSR count). The van der Waals surface area contributed by atoms with Crippen molar-refractivity contribution in [2.75, 3.05) is 0 Å². The van der Waals surface area contributed by atoms with Gasteiger partial charge in [0.25, 0.3) is 5.56 Å². The highest BCUT2D eigenvalue weighted by Gasteiger charge is 2.09. The minimum absolute atomic E-state index is 0.0213. The van der Waals surface area contributed by atoms with Crippen LogP contribution in [0.25, 0.3) is 5.69 Å². The molecule has 0 spiro atoms. The first-order chi connectivity index (χ1) is 8.52. The number of aromatic hydroxyl groups is 1. The molecule has 0 unspecified atom stereocenters. The van der Waals surface area contributed by atoms with E-state index in [4.69, 9.17) is 28.9 Å². The number of benzene rings is 1. The zero-order valence-corrected chi connectivity index (χ0v) is 10.6. The molecule has 2 aromatic rings. The van der Waals surface area contributed by atoms with Gasteiger partial charge in [0.05, 0.1) is 15.7 Å². The van der Waals surface area contributed by atoms with E-state index in [2.05, 4.69) is 5.10 Å². The zero-order valence-electron chi connectivity index (χ0n) is 9.10. The van der Waals surface area contributed by atoms with Gasteiger partial charge in [-0.05, 0) is 18.2 Å². The Labute approximate surface area is 112 Å². The van der Waals surface area contributed by atoms with Crippen LogP contribution in [0.5, 0.6) is 5.75 Å². The molecular formula is C11H9Cl2N3O2. The lowest BCUT2D eigenvalue weighted by Crippen LogP contribution is -2.22. The van der Waals surface area contributed by atoms with Crippen molar-refractivity contribution in [2.24, 2.45) is 5.73 Å². The Bertz CT molecular complexity index is 655. The van der Waals surface area contributed by atoms with Gasteiger partial charge in [0.15, 0.2) is 0 Å². The van der Waals surface area contributed by atoms with Crippen molar-refractivity contribution < 1.29 is 5.11 Å². The van der Waals surface area contributed by atoms with Gasteiger partial charge in [-0.15, -0.1) is 0 Å². The molecule has 0 fully saturated rings. The Balaban J connectivity index is 2.63. The molecule has 0 radical (unpaired) electrons. The molecular weight excluding hydrogens is 277 g/mol. The molecule has 3 N–H and O–H groups in total. The lowest BCUT2D eigenvalue weighted by atomic mass is 10.3. The number of rotatable bonds is 2. The number of hydrogen-bond donors (Lipinski definition) is 2. The van der Waals surface area contributed by atoms with Crippen LogP contribution >= 0.6 is 23.2 Å². The van der Waals surface area contributed by atoms with Crippen LogP contribution in [0.4, 0.5) is 0 Å². The number of halogens is 2. The number of nitrogens with two attached hydrogens (primary N) is 1. The molecule has 5 nitrogen and oxygen atoms in total. The average molecular weight is 286 g/mol. The second-order valence-electron chi connectivity index (χ2n) is 3.53. The van der Waals surface area contributed by atoms with Crippen LogP contribution in [0.1, 0.15) is 5.69 Å². The quantitative estimate of drug-likeness (QED) is 0.880. The second kappa shape index (κ2) is 4.97. The van der Waals surface area contributed by atoms with Crippen molar-refractivity contribution in [2.45, 2.75) is 6.54 Å². The summed E-state index contributed by atoms with van der Waals surface area (Å²) >= 11 is 11.7. The Kier molecular flexibility index (Phi) is 3.56. The molecule has 0 amide bonds. The predicted molar refractivity (Wildman–Crippen MR) is 69.4 cm³/mol. The maximum atomic E-state index is 11.7. The second-order valence-corrected chi connectivity index (χ2v) is 4.34. The summed E-state index contributed by atoms with van der Waals surface area (Å²) < 4.78 is 1.10. The Hall–Kier alpha value is -1.56. The zero-order chi connectivity index (χ0) is 13.3. The van der Waals surface area contributed by atoms with Gasteiger partial charge in [-0.25, -0.2) is 0 Å². The molecule has 0 aliphatic carbocycles. The molecule has 94 valence electrons. The van der Waals surface area contributed by atoms with Crippen molar-refractivity contribution >= 4 is 23.2 Å². The Morgan fingerprint density at radius 3 is 2.61 bits per heavy atom. The van der Waals surface area contributed by atoms with Crippen LogP contribution in [-0.2, 0) is 6.54 Å². The monoisotopic (exact) mass is 285 g/mol. The van der Waals surface area contributed by atoms with Crippen molar-refractivity contribution in [3.63, 3.8) is 0 Å². The molecule has 7 heteroatoms. The van der Waals surface area contributed by atoms with Crippen molar-refractivity contribution in [1.29, 1.82) is 0 Å². The third-order valence-electron chi connectivity index (χ3n) is 2.33. The van der Waals surface area contributed by atoms with Gasteiger partial charge in [0, 0.05) is 12.6 Å². The molecule has 1 heterocycles. The van der Waals surface area contributed by atoms with Crippen LogP contribution < -0.4 is 11.3 Å². The van der Waals surface area contributed by atoms with E-state index >= 15 is 0 Å². The number of nitrogens with zero attached hydrogens (tertiary/aromatic N) is 2. The standard InChI is InChI=1S/C11H9Cl2N3O2/c12-7-2-1-6(3-8(7)13)16-11(18)4-10(17)9(5-14)15-16/h1-4,17H,5,14H2. The van der Waals surface area contributed by atoms with Crippen LogP contribution in [0, 0.1) is 0 Å². The van der Waals surface area contributed by atoms with Gasteiger partial charge in [-0.2, -0.15) is 9.78 Å². The molecule has 0 aliphatic heterocycles. The third kappa shape index (κ3) is 2.33. The maximum absolute atomic E-state index is 11.7. The van der Waals surface area contributed by atoms with E-state index in [1.54, 1.807) is 12.1 Å². The molecule has 0 saturated carbocycles. The van der Waals surface area contributed by atoms with E-state index < -0.39 is 5.56 Å². The molecule has 1 aromatic heterocycles. The minimum Gasteiger partial charge on any atom is -0.506 e. The summed E-state index contributed by atoms with van der Waals surface area (Å²) in [4.78, 5) is 11.7. The van der Waals surface area contributed by atoms with Crippen LogP contribution in [0.3, 0.4) is 0 Å². The van der Waals surface area contributed by atoms with Gasteiger partial charge in [-0.3, -0.25) is 4.79 Å². The van der Waals surface area contributed by atoms with Crippen molar-refractivity contribution in [3.8, 4) is 11.4 Å². The van der Waals surface area contributed by atoms with Crippen molar-refractivity contribution in [3.05, 3.63) is 50.4 Å². The van der Waals surface area contributed by atoms with Gasteiger partial charge in [-0.1, -0.05) is 23.2 Å². The number of aromatic nitrogens is 2. The van der Waals surface area contributed by atoms with E-state index in [0.717, 1.165) is 10.7 Å². The highest BCUT2D eigenvalue weighted by atomic mass is 35.5. The largest absolute Gasteiger partial charge is 0.506 e. The maximum Gasteiger partial charge on any atom is 0.275 e. The average Bonchev–Trinajstić information content (AvgIpc) is 2.33. The first-order valence-corrected chi connectivity index (χ1v) is 5.76. The summed E-state index contributed by atoms with van der Waals surface area (Å²) in [5.74, 6) is -0.223. The minimum atomic E-state index is -0.483. The first kappa shape index (κ1) is 12.9. The summed E-state index contributed by atoms with van der Waals surface area (Å²) in [5, 5.41) is 14.1. The normalized spacial score (nSPS) is 10.6. The van der Waals surface area contributed by atoms with Gasteiger partial charge >= 0.3 is 0 Å². The van der Waals surface area contributed by atoms with E-state index in [0.29, 0.717) is 15.7 Å². The van der Waals surface area contributed by atoms with Gasteiger partial charge < -0.3 is 10.8 Å². The van der Waals surface area contributed by atoms with E-state index in [1.807, 2.05) is 0 Å². The topological polar surface area (TPSA) is 81.1 Å². The Morgan fingerprint density at radius 2 is 2.00 bits per heavy atom. The van der Waals surface area contributed by atoms with Crippen molar-refractivity contribution in [1.82, 2.24) is 9.78 Å². The molecule has 0 atom stereocenters. The van der Waals surface area contributed by atoms with E-state index in [-0.39, 0.29) is 18.0 Å². The lowest BCUT2D eigenvalue weighted by molar-refractivity contribution is 0.457. The van der Waals surface area contributed by atoms with Gasteiger partial charge in [0.2, 0.25) is 0 Å². The van der Waals surface area contributed by atoms with E-state index in [1.165, 1.54) is 6.07 Å². The van der Waals surface area contributed by atoms with Gasteiger partial charge in [0.1, 0.15) is 11.4 Å². The fourth-order valence-electron chi connectivity index (χ4n) is 1.43. The smallest absolute Gasteiger partial charge is 0.275 e. The highest BCUT2D eigenvalue weighted by Crippen LogP contribution is 2.23. The molecule has 18 heavy (non-hydrogen) atoms.